The average Bonchev–Trinajstić information content (AvgIpc) is 2.37. The molecule has 0 saturated heterocycles. The van der Waals surface area contributed by atoms with Gasteiger partial charge in [0.25, 0.3) is 5.91 Å². The largest absolute Gasteiger partial charge is 0.453 e. The van der Waals surface area contributed by atoms with Crippen molar-refractivity contribution < 1.29 is 19.1 Å². The zero-order valence-electron chi connectivity index (χ0n) is 10.5. The Labute approximate surface area is 105 Å². The van der Waals surface area contributed by atoms with Crippen LogP contribution in [0.1, 0.15) is 6.92 Å². The number of amides is 2. The molecule has 0 aliphatic carbocycles. The van der Waals surface area contributed by atoms with Crippen molar-refractivity contribution in [2.24, 2.45) is 0 Å². The molecule has 0 fully saturated rings. The van der Waals surface area contributed by atoms with Gasteiger partial charge >= 0.3 is 6.09 Å². The van der Waals surface area contributed by atoms with Crippen molar-refractivity contribution in [3.05, 3.63) is 24.3 Å². The third-order valence-electron chi connectivity index (χ3n) is 2.28. The SMILES string of the molecule is COC(=O)Nc1cccc(NC(=O)C(C)OC)c1. The number of ether oxygens (including phenoxy) is 2. The third kappa shape index (κ3) is 4.06. The van der Waals surface area contributed by atoms with Gasteiger partial charge in [0.2, 0.25) is 0 Å². The topological polar surface area (TPSA) is 76.7 Å². The van der Waals surface area contributed by atoms with Crippen LogP contribution in [0.15, 0.2) is 24.3 Å². The summed E-state index contributed by atoms with van der Waals surface area (Å²) in [6.07, 6.45) is -1.11. The second-order valence-corrected chi connectivity index (χ2v) is 3.56. The molecular weight excluding hydrogens is 236 g/mol. The molecule has 6 nitrogen and oxygen atoms in total. The van der Waals surface area contributed by atoms with Gasteiger partial charge in [0, 0.05) is 18.5 Å². The summed E-state index contributed by atoms with van der Waals surface area (Å²) in [5.41, 5.74) is 1.10. The Morgan fingerprint density at radius 3 is 2.33 bits per heavy atom. The number of carbonyl (C=O) groups is 2. The molecule has 0 aliphatic rings. The van der Waals surface area contributed by atoms with Gasteiger partial charge in [-0.15, -0.1) is 0 Å². The molecule has 0 radical (unpaired) electrons. The van der Waals surface area contributed by atoms with Crippen LogP contribution < -0.4 is 10.6 Å². The lowest BCUT2D eigenvalue weighted by Crippen LogP contribution is -2.26. The van der Waals surface area contributed by atoms with Crippen LogP contribution in [0.25, 0.3) is 0 Å². The number of hydrogen-bond donors (Lipinski definition) is 2. The van der Waals surface area contributed by atoms with E-state index in [1.165, 1.54) is 14.2 Å². The number of rotatable bonds is 4. The Morgan fingerprint density at radius 2 is 1.78 bits per heavy atom. The van der Waals surface area contributed by atoms with Gasteiger partial charge in [-0.1, -0.05) is 6.07 Å². The molecule has 0 aliphatic heterocycles. The predicted molar refractivity (Wildman–Crippen MR) is 67.6 cm³/mol. The summed E-state index contributed by atoms with van der Waals surface area (Å²) in [5, 5.41) is 5.17. The summed E-state index contributed by atoms with van der Waals surface area (Å²) in [5.74, 6) is -0.257. The quantitative estimate of drug-likeness (QED) is 0.857. The van der Waals surface area contributed by atoms with Crippen molar-refractivity contribution in [1.82, 2.24) is 0 Å². The first kappa shape index (κ1) is 14.0. The zero-order chi connectivity index (χ0) is 13.5. The highest BCUT2D eigenvalue weighted by Crippen LogP contribution is 2.15. The summed E-state index contributed by atoms with van der Waals surface area (Å²) in [4.78, 5) is 22.6. The minimum atomic E-state index is -0.566. The number of benzene rings is 1. The fourth-order valence-electron chi connectivity index (χ4n) is 1.19. The van der Waals surface area contributed by atoms with Gasteiger partial charge in [-0.2, -0.15) is 0 Å². The van der Waals surface area contributed by atoms with Crippen LogP contribution in [0.3, 0.4) is 0 Å². The maximum atomic E-state index is 11.6. The van der Waals surface area contributed by atoms with E-state index in [4.69, 9.17) is 4.74 Å². The van der Waals surface area contributed by atoms with Crippen molar-refractivity contribution >= 4 is 23.4 Å². The van der Waals surface area contributed by atoms with Crippen LogP contribution in [-0.4, -0.2) is 32.3 Å². The smallest absolute Gasteiger partial charge is 0.411 e. The maximum Gasteiger partial charge on any atom is 0.411 e. The lowest BCUT2D eigenvalue weighted by molar-refractivity contribution is -0.124. The average molecular weight is 252 g/mol. The van der Waals surface area contributed by atoms with Crippen LogP contribution in [0.2, 0.25) is 0 Å². The third-order valence-corrected chi connectivity index (χ3v) is 2.28. The van der Waals surface area contributed by atoms with Gasteiger partial charge < -0.3 is 14.8 Å². The lowest BCUT2D eigenvalue weighted by Gasteiger charge is -2.11. The second-order valence-electron chi connectivity index (χ2n) is 3.56. The molecule has 2 amide bonds. The normalized spacial score (nSPS) is 11.5. The molecule has 0 heterocycles. The number of carbonyl (C=O) groups excluding carboxylic acids is 2. The summed E-state index contributed by atoms with van der Waals surface area (Å²) < 4.78 is 9.37. The van der Waals surface area contributed by atoms with Gasteiger partial charge in [-0.05, 0) is 25.1 Å². The van der Waals surface area contributed by atoms with E-state index >= 15 is 0 Å². The van der Waals surface area contributed by atoms with E-state index in [9.17, 15) is 9.59 Å². The van der Waals surface area contributed by atoms with Crippen molar-refractivity contribution in [2.75, 3.05) is 24.9 Å². The molecule has 1 aromatic carbocycles. The predicted octanol–water partition coefficient (Wildman–Crippen LogP) is 1.84. The van der Waals surface area contributed by atoms with Gasteiger partial charge in [-0.25, -0.2) is 4.79 Å². The van der Waals surface area contributed by atoms with E-state index in [1.54, 1.807) is 31.2 Å². The standard InChI is InChI=1S/C12H16N2O4/c1-8(17-2)11(15)13-9-5-4-6-10(7-9)14-12(16)18-3/h4-8H,1-3H3,(H,13,15)(H,14,16). The van der Waals surface area contributed by atoms with Crippen LogP contribution in [0.5, 0.6) is 0 Å². The lowest BCUT2D eigenvalue weighted by atomic mass is 10.2. The molecule has 6 heteroatoms. The van der Waals surface area contributed by atoms with Crippen molar-refractivity contribution in [3.8, 4) is 0 Å². The van der Waals surface area contributed by atoms with E-state index in [0.29, 0.717) is 11.4 Å². The van der Waals surface area contributed by atoms with Crippen molar-refractivity contribution in [3.63, 3.8) is 0 Å². The minimum absolute atomic E-state index is 0.257. The Hall–Kier alpha value is -2.08. The molecular formula is C12H16N2O4. The Kier molecular flexibility index (Phi) is 5.13. The number of nitrogens with one attached hydrogen (secondary N) is 2. The summed E-state index contributed by atoms with van der Waals surface area (Å²) in [7, 11) is 2.74. The van der Waals surface area contributed by atoms with E-state index < -0.39 is 12.2 Å². The zero-order valence-corrected chi connectivity index (χ0v) is 10.5. The van der Waals surface area contributed by atoms with Gasteiger partial charge in [0.1, 0.15) is 6.10 Å². The fraction of sp³-hybridized carbons (Fsp3) is 0.333. The Bertz CT molecular complexity index is 434. The number of anilines is 2. The maximum absolute atomic E-state index is 11.6. The number of hydrogen-bond acceptors (Lipinski definition) is 4. The molecule has 0 saturated carbocycles. The number of methoxy groups -OCH3 is 2. The fourth-order valence-corrected chi connectivity index (χ4v) is 1.19. The summed E-state index contributed by atoms with van der Waals surface area (Å²) in [6.45, 7) is 1.64. The highest BCUT2D eigenvalue weighted by molar-refractivity contribution is 5.95. The van der Waals surface area contributed by atoms with Gasteiger partial charge in [-0.3, -0.25) is 10.1 Å². The Balaban J connectivity index is 2.70. The molecule has 1 unspecified atom stereocenters. The molecule has 1 rings (SSSR count). The first-order chi connectivity index (χ1) is 8.56. The van der Waals surface area contributed by atoms with Gasteiger partial charge in [0.05, 0.1) is 7.11 Å². The van der Waals surface area contributed by atoms with Crippen molar-refractivity contribution in [1.29, 1.82) is 0 Å². The monoisotopic (exact) mass is 252 g/mol. The van der Waals surface area contributed by atoms with Crippen LogP contribution in [0, 0.1) is 0 Å². The molecule has 0 bridgehead atoms. The van der Waals surface area contributed by atoms with Crippen LogP contribution in [0.4, 0.5) is 16.2 Å². The summed E-state index contributed by atoms with van der Waals surface area (Å²) in [6, 6.07) is 6.73. The van der Waals surface area contributed by atoms with Gasteiger partial charge in [0.15, 0.2) is 0 Å². The van der Waals surface area contributed by atoms with Crippen molar-refractivity contribution in [2.45, 2.75) is 13.0 Å². The first-order valence-electron chi connectivity index (χ1n) is 5.35. The molecule has 1 atom stereocenters. The minimum Gasteiger partial charge on any atom is -0.453 e. The van der Waals surface area contributed by atoms with E-state index in [-0.39, 0.29) is 5.91 Å². The Morgan fingerprint density at radius 1 is 1.17 bits per heavy atom. The molecule has 0 aromatic heterocycles. The van der Waals surface area contributed by atoms with E-state index in [2.05, 4.69) is 15.4 Å². The second kappa shape index (κ2) is 6.61. The summed E-state index contributed by atoms with van der Waals surface area (Å²) >= 11 is 0. The van der Waals surface area contributed by atoms with Crippen LogP contribution >= 0.6 is 0 Å². The molecule has 2 N–H and O–H groups in total. The molecule has 98 valence electrons. The highest BCUT2D eigenvalue weighted by Gasteiger charge is 2.11. The van der Waals surface area contributed by atoms with Crippen LogP contribution in [-0.2, 0) is 14.3 Å². The highest BCUT2D eigenvalue weighted by atomic mass is 16.5. The molecule has 0 spiro atoms. The van der Waals surface area contributed by atoms with E-state index in [0.717, 1.165) is 0 Å². The molecule has 18 heavy (non-hydrogen) atoms. The van der Waals surface area contributed by atoms with E-state index in [1.807, 2.05) is 0 Å². The molecule has 1 aromatic rings. The first-order valence-corrected chi connectivity index (χ1v) is 5.35.